The molecule has 2 aromatic rings. The van der Waals surface area contributed by atoms with Gasteiger partial charge in [-0.1, -0.05) is 15.9 Å². The van der Waals surface area contributed by atoms with Gasteiger partial charge in [0.15, 0.2) is 0 Å². The Morgan fingerprint density at radius 3 is 2.90 bits per heavy atom. The molecule has 2 N–H and O–H groups in total. The average molecular weight is 346 g/mol. The fraction of sp³-hybridized carbons (Fsp3) is 0.250. The highest BCUT2D eigenvalue weighted by atomic mass is 79.9. The van der Waals surface area contributed by atoms with Crippen molar-refractivity contribution in [2.75, 3.05) is 12.3 Å². The molecule has 0 saturated heterocycles. The zero-order valence-electron chi connectivity index (χ0n) is 11.8. The molecule has 0 radical (unpaired) electrons. The number of carbonyl (C=O) groups excluding carboxylic acids is 1. The number of hydrogen-bond donors (Lipinski definition) is 1. The predicted octanol–water partition coefficient (Wildman–Crippen LogP) is 2.93. The van der Waals surface area contributed by atoms with Crippen molar-refractivity contribution >= 4 is 27.7 Å². The van der Waals surface area contributed by atoms with Crippen LogP contribution in [0.1, 0.15) is 27.2 Å². The number of amides is 1. The van der Waals surface area contributed by atoms with E-state index >= 15 is 0 Å². The van der Waals surface area contributed by atoms with Crippen molar-refractivity contribution in [1.29, 1.82) is 0 Å². The summed E-state index contributed by atoms with van der Waals surface area (Å²) < 4.78 is 1.00. The minimum atomic E-state index is 0.0955. The number of pyridine rings is 1. The number of aryl methyl sites for hydroxylation is 1. The molecule has 1 aliphatic rings. The number of nitrogen functional groups attached to an aromatic ring is 1. The maximum absolute atomic E-state index is 12.3. The van der Waals surface area contributed by atoms with Gasteiger partial charge in [0.1, 0.15) is 5.82 Å². The van der Waals surface area contributed by atoms with Gasteiger partial charge in [-0.25, -0.2) is 4.98 Å². The summed E-state index contributed by atoms with van der Waals surface area (Å²) in [5, 5.41) is 0. The zero-order chi connectivity index (χ0) is 15.0. The highest BCUT2D eigenvalue weighted by Crippen LogP contribution is 2.26. The van der Waals surface area contributed by atoms with Gasteiger partial charge >= 0.3 is 0 Å². The lowest BCUT2D eigenvalue weighted by molar-refractivity contribution is 0.0780. The Morgan fingerprint density at radius 1 is 1.33 bits per heavy atom. The molecule has 1 aromatic carbocycles. The summed E-state index contributed by atoms with van der Waals surface area (Å²) >= 11 is 3.44. The number of nitrogens with two attached hydrogens (primary N) is 1. The Labute approximate surface area is 132 Å². The second kappa shape index (κ2) is 5.48. The Bertz CT molecular complexity index is 694. The van der Waals surface area contributed by atoms with Crippen LogP contribution in [0.3, 0.4) is 0 Å². The molecular weight excluding hydrogens is 330 g/mol. The molecule has 1 amide bonds. The van der Waals surface area contributed by atoms with E-state index in [0.717, 1.165) is 26.9 Å². The number of anilines is 1. The minimum Gasteiger partial charge on any atom is -0.384 e. The van der Waals surface area contributed by atoms with Gasteiger partial charge in [-0.15, -0.1) is 0 Å². The molecule has 5 heteroatoms. The molecule has 0 saturated carbocycles. The number of fused-ring (bicyclic) bond motifs is 1. The minimum absolute atomic E-state index is 0.0955. The number of carbonyl (C=O) groups is 1. The van der Waals surface area contributed by atoms with Gasteiger partial charge in [0, 0.05) is 35.2 Å². The summed E-state index contributed by atoms with van der Waals surface area (Å²) in [5.41, 5.74) is 9.66. The first-order chi connectivity index (χ1) is 10.0. The number of rotatable bonds is 3. The first kappa shape index (κ1) is 14.1. The number of hydrogen-bond acceptors (Lipinski definition) is 3. The van der Waals surface area contributed by atoms with E-state index in [1.54, 1.807) is 0 Å². The van der Waals surface area contributed by atoms with Crippen LogP contribution in [-0.2, 0) is 13.0 Å². The normalized spacial score (nSPS) is 13.6. The van der Waals surface area contributed by atoms with Crippen LogP contribution in [0.15, 0.2) is 34.8 Å². The predicted molar refractivity (Wildman–Crippen MR) is 86.0 cm³/mol. The summed E-state index contributed by atoms with van der Waals surface area (Å²) in [6.45, 7) is 3.31. The Hall–Kier alpha value is -1.88. The quantitative estimate of drug-likeness (QED) is 0.930. The molecule has 0 bridgehead atoms. The second-order valence-electron chi connectivity index (χ2n) is 5.34. The third-order valence-electron chi connectivity index (χ3n) is 3.63. The van der Waals surface area contributed by atoms with E-state index in [1.165, 1.54) is 0 Å². The van der Waals surface area contributed by atoms with E-state index in [1.807, 2.05) is 42.2 Å². The molecule has 4 nitrogen and oxygen atoms in total. The zero-order valence-corrected chi connectivity index (χ0v) is 13.4. The van der Waals surface area contributed by atoms with Gasteiger partial charge in [-0.3, -0.25) is 4.79 Å². The highest BCUT2D eigenvalue weighted by molar-refractivity contribution is 9.10. The first-order valence-corrected chi connectivity index (χ1v) is 7.63. The fourth-order valence-electron chi connectivity index (χ4n) is 2.68. The molecule has 0 spiro atoms. The Balaban J connectivity index is 1.71. The van der Waals surface area contributed by atoms with E-state index in [0.29, 0.717) is 25.3 Å². The molecule has 1 aromatic heterocycles. The van der Waals surface area contributed by atoms with Crippen molar-refractivity contribution in [2.24, 2.45) is 0 Å². The molecule has 21 heavy (non-hydrogen) atoms. The van der Waals surface area contributed by atoms with E-state index in [4.69, 9.17) is 5.73 Å². The lowest BCUT2D eigenvalue weighted by atomic mass is 10.1. The van der Waals surface area contributed by atoms with E-state index < -0.39 is 0 Å². The number of benzene rings is 1. The van der Waals surface area contributed by atoms with E-state index in [-0.39, 0.29) is 5.91 Å². The van der Waals surface area contributed by atoms with Gasteiger partial charge in [0.2, 0.25) is 0 Å². The van der Waals surface area contributed by atoms with Crippen LogP contribution in [0, 0.1) is 6.92 Å². The lowest BCUT2D eigenvalue weighted by Gasteiger charge is -2.15. The number of halogens is 1. The van der Waals surface area contributed by atoms with Crippen LogP contribution in [-0.4, -0.2) is 22.3 Å². The topological polar surface area (TPSA) is 59.2 Å². The molecule has 1 aliphatic heterocycles. The fourth-order valence-corrected chi connectivity index (χ4v) is 3.08. The highest BCUT2D eigenvalue weighted by Gasteiger charge is 2.26. The Kier molecular flexibility index (Phi) is 3.68. The number of aromatic nitrogens is 1. The van der Waals surface area contributed by atoms with Crippen LogP contribution >= 0.6 is 15.9 Å². The molecule has 0 atom stereocenters. The molecule has 3 rings (SSSR count). The maximum atomic E-state index is 12.3. The monoisotopic (exact) mass is 345 g/mol. The van der Waals surface area contributed by atoms with Crippen molar-refractivity contribution in [1.82, 2.24) is 9.88 Å². The molecular formula is C16H16BrN3O. The van der Waals surface area contributed by atoms with Crippen LogP contribution < -0.4 is 5.73 Å². The van der Waals surface area contributed by atoms with Gasteiger partial charge in [-0.2, -0.15) is 0 Å². The van der Waals surface area contributed by atoms with Gasteiger partial charge < -0.3 is 10.6 Å². The smallest absolute Gasteiger partial charge is 0.254 e. The molecule has 2 heterocycles. The molecule has 0 fully saturated rings. The van der Waals surface area contributed by atoms with E-state index in [9.17, 15) is 4.79 Å². The summed E-state index contributed by atoms with van der Waals surface area (Å²) in [5.74, 6) is 0.628. The summed E-state index contributed by atoms with van der Waals surface area (Å²) in [7, 11) is 0. The average Bonchev–Trinajstić information content (AvgIpc) is 2.71. The first-order valence-electron chi connectivity index (χ1n) is 6.83. The standard InChI is InChI=1S/C16H16BrN3O/c1-10-6-13(19-15(18)7-10)4-5-20-9-11-8-12(17)2-3-14(11)16(20)21/h2-3,6-8H,4-5,9H2,1H3,(H2,18,19). The van der Waals surface area contributed by atoms with Crippen LogP contribution in [0.25, 0.3) is 0 Å². The largest absolute Gasteiger partial charge is 0.384 e. The second-order valence-corrected chi connectivity index (χ2v) is 6.25. The SMILES string of the molecule is Cc1cc(N)nc(CCN2Cc3cc(Br)ccc3C2=O)c1. The summed E-state index contributed by atoms with van der Waals surface area (Å²) in [6, 6.07) is 9.66. The maximum Gasteiger partial charge on any atom is 0.254 e. The number of nitrogens with zero attached hydrogens (tertiary/aromatic N) is 2. The van der Waals surface area contributed by atoms with Crippen LogP contribution in [0.2, 0.25) is 0 Å². The molecule has 0 unspecified atom stereocenters. The third kappa shape index (κ3) is 2.93. The van der Waals surface area contributed by atoms with Crippen molar-refractivity contribution in [3.8, 4) is 0 Å². The van der Waals surface area contributed by atoms with Gasteiger partial charge in [0.05, 0.1) is 0 Å². The van der Waals surface area contributed by atoms with Crippen molar-refractivity contribution in [3.63, 3.8) is 0 Å². The van der Waals surface area contributed by atoms with Crippen LogP contribution in [0.5, 0.6) is 0 Å². The Morgan fingerprint density at radius 2 is 2.14 bits per heavy atom. The molecule has 0 aliphatic carbocycles. The summed E-state index contributed by atoms with van der Waals surface area (Å²) in [4.78, 5) is 18.5. The molecule has 108 valence electrons. The third-order valence-corrected chi connectivity index (χ3v) is 4.12. The van der Waals surface area contributed by atoms with Crippen molar-refractivity contribution in [3.05, 3.63) is 57.2 Å². The van der Waals surface area contributed by atoms with Crippen molar-refractivity contribution in [2.45, 2.75) is 19.9 Å². The van der Waals surface area contributed by atoms with Gasteiger partial charge in [0.25, 0.3) is 5.91 Å². The van der Waals surface area contributed by atoms with Crippen LogP contribution in [0.4, 0.5) is 5.82 Å². The summed E-state index contributed by atoms with van der Waals surface area (Å²) in [6.07, 6.45) is 0.715. The van der Waals surface area contributed by atoms with Gasteiger partial charge in [-0.05, 0) is 48.4 Å². The van der Waals surface area contributed by atoms with E-state index in [2.05, 4.69) is 20.9 Å². The lowest BCUT2D eigenvalue weighted by Crippen LogP contribution is -2.26. The van der Waals surface area contributed by atoms with Crippen molar-refractivity contribution < 1.29 is 4.79 Å².